The third-order valence-corrected chi connectivity index (χ3v) is 5.91. The molecule has 3 nitrogen and oxygen atoms in total. The average molecular weight is 423 g/mol. The van der Waals surface area contributed by atoms with Gasteiger partial charge in [0.25, 0.3) is 0 Å². The van der Waals surface area contributed by atoms with E-state index in [0.717, 1.165) is 34.4 Å². The second-order valence-electron chi connectivity index (χ2n) is 8.08. The number of rotatable bonds is 10. The third kappa shape index (κ3) is 5.57. The van der Waals surface area contributed by atoms with Crippen molar-refractivity contribution < 1.29 is 4.74 Å². The van der Waals surface area contributed by atoms with Gasteiger partial charge in [-0.15, -0.1) is 0 Å². The summed E-state index contributed by atoms with van der Waals surface area (Å²) >= 11 is 0. The van der Waals surface area contributed by atoms with Crippen molar-refractivity contribution in [2.45, 2.75) is 51.9 Å². The number of hydrogen-bond acceptors (Lipinski definition) is 3. The molecule has 3 aromatic rings. The number of hydrogen-bond donors (Lipinski definition) is 0. The number of nitrogens with zero attached hydrogens (tertiary/aromatic N) is 2. The van der Waals surface area contributed by atoms with E-state index in [2.05, 4.69) is 43.3 Å². The lowest BCUT2D eigenvalue weighted by molar-refractivity contribution is 0.415. The Kier molecular flexibility index (Phi) is 8.47. The van der Waals surface area contributed by atoms with Gasteiger partial charge in [0.2, 0.25) is 0 Å². The summed E-state index contributed by atoms with van der Waals surface area (Å²) in [6, 6.07) is 24.4. The van der Waals surface area contributed by atoms with E-state index in [1.54, 1.807) is 7.11 Å². The first kappa shape index (κ1) is 23.1. The molecule has 0 aliphatic rings. The van der Waals surface area contributed by atoms with Crippen LogP contribution >= 0.6 is 0 Å². The average Bonchev–Trinajstić information content (AvgIpc) is 2.85. The van der Waals surface area contributed by atoms with Gasteiger partial charge in [0.15, 0.2) is 0 Å². The number of methoxy groups -OCH3 is 1. The summed E-state index contributed by atoms with van der Waals surface area (Å²) in [5, 5.41) is 19.7. The number of ether oxygens (including phenoxy) is 1. The fourth-order valence-electron chi connectivity index (χ4n) is 4.05. The van der Waals surface area contributed by atoms with E-state index in [1.165, 1.54) is 44.1 Å². The van der Waals surface area contributed by atoms with Gasteiger partial charge in [-0.05, 0) is 41.7 Å². The molecule has 0 atom stereocenters. The van der Waals surface area contributed by atoms with Gasteiger partial charge in [-0.2, -0.15) is 10.5 Å². The summed E-state index contributed by atoms with van der Waals surface area (Å²) in [4.78, 5) is 0. The Labute approximate surface area is 191 Å². The number of nitriles is 2. The Hall–Kier alpha value is -3.56. The molecule has 0 unspecified atom stereocenters. The Morgan fingerprint density at radius 3 is 1.66 bits per heavy atom. The molecular weight excluding hydrogens is 392 g/mol. The van der Waals surface area contributed by atoms with Crippen molar-refractivity contribution in [1.82, 2.24) is 0 Å². The minimum absolute atomic E-state index is 0.409. The van der Waals surface area contributed by atoms with Crippen LogP contribution in [0.1, 0.15) is 62.1 Å². The van der Waals surface area contributed by atoms with Gasteiger partial charge in [-0.3, -0.25) is 0 Å². The molecule has 162 valence electrons. The summed E-state index contributed by atoms with van der Waals surface area (Å²) in [5.74, 6) is 0.755. The highest BCUT2D eigenvalue weighted by atomic mass is 16.5. The number of unbranched alkanes of at least 4 members (excludes halogenated alkanes) is 5. The smallest absolute Gasteiger partial charge is 0.118 e. The Morgan fingerprint density at radius 2 is 1.16 bits per heavy atom. The Balaban J connectivity index is 1.80. The largest absolute Gasteiger partial charge is 0.497 e. The maximum absolute atomic E-state index is 9.88. The van der Waals surface area contributed by atoms with E-state index >= 15 is 0 Å². The molecule has 32 heavy (non-hydrogen) atoms. The second kappa shape index (κ2) is 11.7. The lowest BCUT2D eigenvalue weighted by Gasteiger charge is -2.12. The maximum atomic E-state index is 9.88. The standard InChI is InChI=1S/C29H30N2O/c1-3-4-5-6-7-8-9-22-10-12-23(13-11-22)26-18-19-27(29(21-31)28(26)20-30)24-14-16-25(32-2)17-15-24/h10-19H,3-9H2,1-2H3. The van der Waals surface area contributed by atoms with E-state index in [1.807, 2.05) is 36.4 Å². The van der Waals surface area contributed by atoms with Crippen molar-refractivity contribution in [2.24, 2.45) is 0 Å². The molecule has 0 fully saturated rings. The summed E-state index contributed by atoms with van der Waals surface area (Å²) in [6.07, 6.45) is 8.82. The molecule has 0 aliphatic carbocycles. The van der Waals surface area contributed by atoms with Crippen LogP contribution in [-0.4, -0.2) is 7.11 Å². The van der Waals surface area contributed by atoms with Gasteiger partial charge in [0, 0.05) is 11.1 Å². The van der Waals surface area contributed by atoms with Crippen LogP contribution in [0.2, 0.25) is 0 Å². The molecule has 0 saturated carbocycles. The van der Waals surface area contributed by atoms with Crippen LogP contribution in [0.4, 0.5) is 0 Å². The van der Waals surface area contributed by atoms with E-state index in [0.29, 0.717) is 11.1 Å². The zero-order valence-electron chi connectivity index (χ0n) is 19.0. The van der Waals surface area contributed by atoms with Gasteiger partial charge < -0.3 is 4.74 Å². The van der Waals surface area contributed by atoms with Crippen LogP contribution in [-0.2, 0) is 6.42 Å². The number of aryl methyl sites for hydroxylation is 1. The van der Waals surface area contributed by atoms with Crippen LogP contribution in [0.15, 0.2) is 60.7 Å². The first-order chi connectivity index (χ1) is 15.7. The van der Waals surface area contributed by atoms with E-state index < -0.39 is 0 Å². The molecule has 0 amide bonds. The van der Waals surface area contributed by atoms with Gasteiger partial charge in [0.1, 0.15) is 17.9 Å². The van der Waals surface area contributed by atoms with Crippen LogP contribution in [0.25, 0.3) is 22.3 Å². The summed E-state index contributed by atoms with van der Waals surface area (Å²) < 4.78 is 5.22. The zero-order chi connectivity index (χ0) is 22.8. The lowest BCUT2D eigenvalue weighted by Crippen LogP contribution is -1.95. The van der Waals surface area contributed by atoms with Crippen molar-refractivity contribution in [3.05, 3.63) is 77.4 Å². The molecule has 0 saturated heterocycles. The quantitative estimate of drug-likeness (QED) is 0.315. The highest BCUT2D eigenvalue weighted by molar-refractivity contribution is 5.82. The van der Waals surface area contributed by atoms with E-state index in [-0.39, 0.29) is 0 Å². The Bertz CT molecular complexity index is 1100. The summed E-state index contributed by atoms with van der Waals surface area (Å²) in [6.45, 7) is 2.24. The number of benzene rings is 3. The van der Waals surface area contributed by atoms with Gasteiger partial charge in [0.05, 0.1) is 18.2 Å². The SMILES string of the molecule is CCCCCCCCc1ccc(-c2ccc(-c3ccc(OC)cc3)c(C#N)c2C#N)cc1. The van der Waals surface area contributed by atoms with Gasteiger partial charge in [-0.25, -0.2) is 0 Å². The molecule has 0 bridgehead atoms. The lowest BCUT2D eigenvalue weighted by atomic mass is 9.90. The van der Waals surface area contributed by atoms with E-state index in [4.69, 9.17) is 4.74 Å². The predicted octanol–water partition coefficient (Wildman–Crippen LogP) is 7.68. The Morgan fingerprint density at radius 1 is 0.656 bits per heavy atom. The first-order valence-electron chi connectivity index (χ1n) is 11.4. The molecule has 3 rings (SSSR count). The van der Waals surface area contributed by atoms with Crippen molar-refractivity contribution >= 4 is 0 Å². The molecule has 0 aromatic heterocycles. The predicted molar refractivity (Wildman–Crippen MR) is 130 cm³/mol. The fraction of sp³-hybridized carbons (Fsp3) is 0.310. The summed E-state index contributed by atoms with van der Waals surface area (Å²) in [7, 11) is 1.62. The minimum atomic E-state index is 0.409. The van der Waals surface area contributed by atoms with Crippen molar-refractivity contribution in [3.63, 3.8) is 0 Å². The van der Waals surface area contributed by atoms with Crippen LogP contribution in [0.3, 0.4) is 0 Å². The van der Waals surface area contributed by atoms with Crippen molar-refractivity contribution in [2.75, 3.05) is 7.11 Å². The van der Waals surface area contributed by atoms with Crippen LogP contribution in [0.5, 0.6) is 5.75 Å². The molecule has 0 N–H and O–H groups in total. The van der Waals surface area contributed by atoms with Gasteiger partial charge in [-0.1, -0.05) is 87.6 Å². The molecule has 0 heterocycles. The van der Waals surface area contributed by atoms with Gasteiger partial charge >= 0.3 is 0 Å². The zero-order valence-corrected chi connectivity index (χ0v) is 19.0. The highest BCUT2D eigenvalue weighted by Gasteiger charge is 2.16. The van der Waals surface area contributed by atoms with Crippen molar-refractivity contribution in [1.29, 1.82) is 10.5 Å². The monoisotopic (exact) mass is 422 g/mol. The summed E-state index contributed by atoms with van der Waals surface area (Å²) in [5.41, 5.74) is 5.56. The molecule has 0 spiro atoms. The molecular formula is C29H30N2O. The fourth-order valence-corrected chi connectivity index (χ4v) is 4.05. The van der Waals surface area contributed by atoms with Crippen LogP contribution in [0, 0.1) is 22.7 Å². The molecule has 0 aliphatic heterocycles. The minimum Gasteiger partial charge on any atom is -0.497 e. The maximum Gasteiger partial charge on any atom is 0.118 e. The third-order valence-electron chi connectivity index (χ3n) is 5.91. The normalized spacial score (nSPS) is 10.4. The van der Waals surface area contributed by atoms with Crippen LogP contribution < -0.4 is 4.74 Å². The first-order valence-corrected chi connectivity index (χ1v) is 11.4. The highest BCUT2D eigenvalue weighted by Crippen LogP contribution is 2.33. The topological polar surface area (TPSA) is 56.8 Å². The molecule has 3 aromatic carbocycles. The molecule has 3 heteroatoms. The molecule has 0 radical (unpaired) electrons. The van der Waals surface area contributed by atoms with Crippen molar-refractivity contribution in [3.8, 4) is 40.1 Å². The van der Waals surface area contributed by atoms with E-state index in [9.17, 15) is 10.5 Å². The second-order valence-corrected chi connectivity index (χ2v) is 8.08.